The van der Waals surface area contributed by atoms with Gasteiger partial charge in [0, 0.05) is 16.8 Å². The van der Waals surface area contributed by atoms with Crippen LogP contribution in [0.3, 0.4) is 0 Å². The van der Waals surface area contributed by atoms with Crippen LogP contribution in [0.25, 0.3) is 0 Å². The number of carbonyl (C=O) groups excluding carboxylic acids is 3. The van der Waals surface area contributed by atoms with E-state index < -0.39 is 11.8 Å². The zero-order valence-electron chi connectivity index (χ0n) is 14.9. The number of amides is 2. The van der Waals surface area contributed by atoms with Gasteiger partial charge in [-0.3, -0.25) is 14.4 Å². The molecule has 6 heteroatoms. The summed E-state index contributed by atoms with van der Waals surface area (Å²) in [6.45, 7) is -0.222. The van der Waals surface area contributed by atoms with Crippen molar-refractivity contribution in [2.75, 3.05) is 11.9 Å². The highest BCUT2D eigenvalue weighted by atomic mass is 16.5. The molecule has 0 fully saturated rings. The van der Waals surface area contributed by atoms with E-state index >= 15 is 0 Å². The van der Waals surface area contributed by atoms with Crippen LogP contribution in [0.4, 0.5) is 5.69 Å². The van der Waals surface area contributed by atoms with E-state index in [4.69, 9.17) is 10.5 Å². The average Bonchev–Trinajstić information content (AvgIpc) is 2.73. The Hall–Kier alpha value is -3.93. The molecular weight excluding hydrogens is 356 g/mol. The summed E-state index contributed by atoms with van der Waals surface area (Å²) in [4.78, 5) is 36.2. The number of nitrogens with one attached hydrogen (secondary N) is 1. The van der Waals surface area contributed by atoms with Crippen molar-refractivity contribution in [3.8, 4) is 5.75 Å². The van der Waals surface area contributed by atoms with Crippen LogP contribution in [-0.4, -0.2) is 24.2 Å². The highest BCUT2D eigenvalue weighted by Crippen LogP contribution is 2.19. The van der Waals surface area contributed by atoms with Gasteiger partial charge in [0.15, 0.2) is 12.4 Å². The summed E-state index contributed by atoms with van der Waals surface area (Å²) in [5.41, 5.74) is 6.68. The number of benzene rings is 3. The maximum atomic E-state index is 12.8. The van der Waals surface area contributed by atoms with Crippen LogP contribution < -0.4 is 15.8 Å². The van der Waals surface area contributed by atoms with Crippen LogP contribution >= 0.6 is 0 Å². The third kappa shape index (κ3) is 4.62. The van der Waals surface area contributed by atoms with Crippen LogP contribution in [0.15, 0.2) is 78.9 Å². The molecule has 0 saturated carbocycles. The van der Waals surface area contributed by atoms with Gasteiger partial charge in [0.05, 0.1) is 5.56 Å². The van der Waals surface area contributed by atoms with Gasteiger partial charge in [-0.25, -0.2) is 0 Å². The Morgan fingerprint density at radius 3 is 2.04 bits per heavy atom. The van der Waals surface area contributed by atoms with Gasteiger partial charge in [-0.05, 0) is 30.3 Å². The van der Waals surface area contributed by atoms with Crippen molar-refractivity contribution in [3.05, 3.63) is 95.6 Å². The first-order valence-corrected chi connectivity index (χ1v) is 8.56. The molecule has 0 radical (unpaired) electrons. The monoisotopic (exact) mass is 374 g/mol. The summed E-state index contributed by atoms with van der Waals surface area (Å²) in [7, 11) is 0. The molecule has 140 valence electrons. The highest BCUT2D eigenvalue weighted by molar-refractivity contribution is 6.17. The number of hydrogen-bond donors (Lipinski definition) is 2. The minimum absolute atomic E-state index is 0.221. The van der Waals surface area contributed by atoms with Crippen LogP contribution in [0.1, 0.15) is 26.3 Å². The number of carbonyl (C=O) groups is 3. The van der Waals surface area contributed by atoms with Gasteiger partial charge < -0.3 is 15.8 Å². The summed E-state index contributed by atoms with van der Waals surface area (Å²) in [5.74, 6) is -0.735. The van der Waals surface area contributed by atoms with Crippen molar-refractivity contribution in [3.63, 3.8) is 0 Å². The maximum absolute atomic E-state index is 12.8. The fourth-order valence-electron chi connectivity index (χ4n) is 2.61. The number of hydrogen-bond acceptors (Lipinski definition) is 4. The fourth-order valence-corrected chi connectivity index (χ4v) is 2.61. The normalized spacial score (nSPS) is 10.1. The second-order valence-corrected chi connectivity index (χ2v) is 5.97. The number of ether oxygens (including phenoxy) is 1. The Bertz CT molecular complexity index is 999. The third-order valence-electron chi connectivity index (χ3n) is 3.95. The van der Waals surface area contributed by atoms with E-state index in [0.717, 1.165) is 0 Å². The van der Waals surface area contributed by atoms with Gasteiger partial charge in [0.25, 0.3) is 11.8 Å². The lowest BCUT2D eigenvalue weighted by Gasteiger charge is -2.10. The molecule has 0 spiro atoms. The molecule has 0 aliphatic rings. The van der Waals surface area contributed by atoms with Crippen molar-refractivity contribution in [1.29, 1.82) is 0 Å². The molecule has 3 N–H and O–H groups in total. The molecule has 0 saturated heterocycles. The summed E-state index contributed by atoms with van der Waals surface area (Å²) in [6, 6.07) is 22.0. The molecule has 0 aliphatic carbocycles. The quantitative estimate of drug-likeness (QED) is 0.621. The highest BCUT2D eigenvalue weighted by Gasteiger charge is 2.18. The summed E-state index contributed by atoms with van der Waals surface area (Å²) in [5, 5.41) is 2.76. The summed E-state index contributed by atoms with van der Waals surface area (Å²) in [6.07, 6.45) is 0. The first-order chi connectivity index (χ1) is 13.5. The van der Waals surface area contributed by atoms with Crippen LogP contribution in [-0.2, 0) is 4.79 Å². The van der Waals surface area contributed by atoms with Crippen molar-refractivity contribution >= 4 is 23.3 Å². The first-order valence-electron chi connectivity index (χ1n) is 8.56. The lowest BCUT2D eigenvalue weighted by Crippen LogP contribution is -2.20. The molecular formula is C22H18N2O4. The largest absolute Gasteiger partial charge is 0.484 e. The van der Waals surface area contributed by atoms with Crippen molar-refractivity contribution in [2.24, 2.45) is 5.73 Å². The zero-order chi connectivity index (χ0) is 19.9. The lowest BCUT2D eigenvalue weighted by molar-refractivity contribution is -0.119. The Morgan fingerprint density at radius 2 is 1.39 bits per heavy atom. The van der Waals surface area contributed by atoms with E-state index in [1.807, 2.05) is 6.07 Å². The van der Waals surface area contributed by atoms with E-state index in [1.165, 1.54) is 0 Å². The first kappa shape index (κ1) is 18.8. The molecule has 3 aromatic carbocycles. The number of rotatable bonds is 7. The maximum Gasteiger partial charge on any atom is 0.256 e. The Labute approximate surface area is 161 Å². The predicted octanol–water partition coefficient (Wildman–Crippen LogP) is 3.03. The smallest absolute Gasteiger partial charge is 0.256 e. The Morgan fingerprint density at radius 1 is 0.786 bits per heavy atom. The SMILES string of the molecule is NC(=O)COc1ccc(NC(=O)c2ccccc2C(=O)c2ccccc2)cc1. The van der Waals surface area contributed by atoms with Crippen molar-refractivity contribution < 1.29 is 19.1 Å². The topological polar surface area (TPSA) is 98.5 Å². The standard InChI is InChI=1S/C22H18N2O4/c23-20(25)14-28-17-12-10-16(11-13-17)24-22(27)19-9-5-4-8-18(19)21(26)15-6-2-1-3-7-15/h1-13H,14H2,(H2,23,25)(H,24,27). The van der Waals surface area contributed by atoms with Gasteiger partial charge >= 0.3 is 0 Å². The molecule has 0 atom stereocenters. The van der Waals surface area contributed by atoms with Crippen LogP contribution in [0.5, 0.6) is 5.75 Å². The van der Waals surface area contributed by atoms with Crippen LogP contribution in [0, 0.1) is 0 Å². The van der Waals surface area contributed by atoms with Gasteiger partial charge in [0.2, 0.25) is 0 Å². The van der Waals surface area contributed by atoms with E-state index in [9.17, 15) is 14.4 Å². The average molecular weight is 374 g/mol. The molecule has 0 aliphatic heterocycles. The van der Waals surface area contributed by atoms with Gasteiger partial charge in [-0.1, -0.05) is 48.5 Å². The Kier molecular flexibility index (Phi) is 5.81. The second kappa shape index (κ2) is 8.64. The minimum Gasteiger partial charge on any atom is -0.484 e. The third-order valence-corrected chi connectivity index (χ3v) is 3.95. The Balaban J connectivity index is 1.76. The van der Waals surface area contributed by atoms with Gasteiger partial charge in [-0.2, -0.15) is 0 Å². The second-order valence-electron chi connectivity index (χ2n) is 5.97. The summed E-state index contributed by atoms with van der Waals surface area (Å²) >= 11 is 0. The molecule has 0 unspecified atom stereocenters. The molecule has 2 amide bonds. The van der Waals surface area contributed by atoms with Crippen molar-refractivity contribution in [2.45, 2.75) is 0 Å². The number of ketones is 1. The van der Waals surface area contributed by atoms with Gasteiger partial charge in [0.1, 0.15) is 5.75 Å². The summed E-state index contributed by atoms with van der Waals surface area (Å²) < 4.78 is 5.18. The molecule has 0 aromatic heterocycles. The zero-order valence-corrected chi connectivity index (χ0v) is 14.9. The van der Waals surface area contributed by atoms with E-state index in [-0.39, 0.29) is 18.0 Å². The van der Waals surface area contributed by atoms with E-state index in [1.54, 1.807) is 72.8 Å². The number of nitrogens with two attached hydrogens (primary N) is 1. The molecule has 3 aromatic rings. The minimum atomic E-state index is -0.572. The van der Waals surface area contributed by atoms with E-state index in [0.29, 0.717) is 22.6 Å². The molecule has 0 bridgehead atoms. The molecule has 3 rings (SSSR count). The van der Waals surface area contributed by atoms with Gasteiger partial charge in [-0.15, -0.1) is 0 Å². The fraction of sp³-hybridized carbons (Fsp3) is 0.0455. The number of primary amides is 1. The van der Waals surface area contributed by atoms with Crippen LogP contribution in [0.2, 0.25) is 0 Å². The lowest BCUT2D eigenvalue weighted by atomic mass is 9.98. The molecule has 0 heterocycles. The molecule has 28 heavy (non-hydrogen) atoms. The number of anilines is 1. The molecule has 6 nitrogen and oxygen atoms in total. The predicted molar refractivity (Wildman–Crippen MR) is 105 cm³/mol. The van der Waals surface area contributed by atoms with Crippen molar-refractivity contribution in [1.82, 2.24) is 0 Å². The van der Waals surface area contributed by atoms with E-state index in [2.05, 4.69) is 5.32 Å².